The van der Waals surface area contributed by atoms with Gasteiger partial charge in [-0.3, -0.25) is 14.8 Å². The van der Waals surface area contributed by atoms with E-state index in [2.05, 4.69) is 9.98 Å². The summed E-state index contributed by atoms with van der Waals surface area (Å²) in [4.78, 5) is 42.1. The van der Waals surface area contributed by atoms with Crippen molar-refractivity contribution >= 4 is 17.4 Å². The molecule has 0 saturated carbocycles. The fourth-order valence-electron chi connectivity index (χ4n) is 2.78. The number of benzene rings is 2. The van der Waals surface area contributed by atoms with Crippen molar-refractivity contribution in [3.05, 3.63) is 80.5 Å². The van der Waals surface area contributed by atoms with Crippen molar-refractivity contribution in [3.63, 3.8) is 0 Å². The number of ether oxygens (including phenoxy) is 1. The van der Waals surface area contributed by atoms with E-state index in [1.54, 1.807) is 30.3 Å². The Kier molecular flexibility index (Phi) is 5.31. The van der Waals surface area contributed by atoms with E-state index in [9.17, 15) is 19.5 Å². The van der Waals surface area contributed by atoms with Gasteiger partial charge in [-0.2, -0.15) is 0 Å². The van der Waals surface area contributed by atoms with Gasteiger partial charge in [-0.15, -0.1) is 0 Å². The second-order valence-electron chi connectivity index (χ2n) is 6.04. The predicted molar refractivity (Wildman–Crippen MR) is 106 cm³/mol. The molecule has 1 heterocycles. The molecule has 0 atom stereocenters. The fraction of sp³-hybridized carbons (Fsp3) is 0.100. The Morgan fingerprint density at radius 1 is 1.14 bits per heavy atom. The molecule has 0 radical (unpaired) electrons. The van der Waals surface area contributed by atoms with Crippen molar-refractivity contribution in [1.82, 2.24) is 9.55 Å². The normalized spacial score (nSPS) is 11.3. The van der Waals surface area contributed by atoms with Crippen LogP contribution in [0.4, 0.5) is 5.69 Å². The van der Waals surface area contributed by atoms with Crippen molar-refractivity contribution in [3.8, 4) is 17.3 Å². The number of carbonyl (C=O) groups is 1. The second kappa shape index (κ2) is 7.85. The Hall–Kier alpha value is -4.14. The molecule has 0 bridgehead atoms. The molecule has 0 fully saturated rings. The number of hydrogen-bond acceptors (Lipinski definition) is 6. The van der Waals surface area contributed by atoms with Gasteiger partial charge in [0, 0.05) is 0 Å². The molecule has 9 nitrogen and oxygen atoms in total. The summed E-state index contributed by atoms with van der Waals surface area (Å²) >= 11 is 0. The summed E-state index contributed by atoms with van der Waals surface area (Å²) in [6.45, 7) is 1.47. The summed E-state index contributed by atoms with van der Waals surface area (Å²) in [6, 6.07) is 12.1. The molecular weight excluding hydrogens is 378 g/mol. The summed E-state index contributed by atoms with van der Waals surface area (Å²) in [5.74, 6) is -1.14. The molecule has 29 heavy (non-hydrogen) atoms. The van der Waals surface area contributed by atoms with Gasteiger partial charge >= 0.3 is 11.7 Å². The molecule has 9 heteroatoms. The second-order valence-corrected chi connectivity index (χ2v) is 6.04. The lowest BCUT2D eigenvalue weighted by Crippen LogP contribution is -2.32. The average Bonchev–Trinajstić information content (AvgIpc) is 2.68. The van der Waals surface area contributed by atoms with Gasteiger partial charge in [-0.05, 0) is 49.4 Å². The summed E-state index contributed by atoms with van der Waals surface area (Å²) in [5.41, 5.74) is -1.11. The zero-order chi connectivity index (χ0) is 21.1. The molecule has 0 saturated heterocycles. The zero-order valence-electron chi connectivity index (χ0n) is 15.5. The molecular formula is C20H17N3O6. The number of carboxylic acid groups (broad SMARTS) is 1. The standard InChI is InChI=1S/C20H17N3O6/c1-11(21-13-5-3-4-12(10-13)19(26)27)16-17(24)22-20(28)23(18(16)25)14-6-8-15(29-2)9-7-14/h3-10,25H,1-2H3,(H,26,27)(H,22,24,28). The number of aromatic nitrogens is 2. The summed E-state index contributed by atoms with van der Waals surface area (Å²) in [6.07, 6.45) is 0. The van der Waals surface area contributed by atoms with Crippen LogP contribution < -0.4 is 16.0 Å². The molecule has 3 aromatic rings. The highest BCUT2D eigenvalue weighted by Crippen LogP contribution is 2.22. The van der Waals surface area contributed by atoms with E-state index >= 15 is 0 Å². The molecule has 3 rings (SSSR count). The number of aromatic amines is 1. The minimum Gasteiger partial charge on any atom is -0.497 e. The minimum atomic E-state index is -1.12. The van der Waals surface area contributed by atoms with Gasteiger partial charge in [0.05, 0.1) is 29.8 Å². The van der Waals surface area contributed by atoms with Crippen LogP contribution >= 0.6 is 0 Å². The van der Waals surface area contributed by atoms with E-state index < -0.39 is 23.1 Å². The Bertz CT molecular complexity index is 1220. The van der Waals surface area contributed by atoms with Crippen LogP contribution in [-0.2, 0) is 0 Å². The maximum atomic E-state index is 12.3. The largest absolute Gasteiger partial charge is 0.497 e. The smallest absolute Gasteiger partial charge is 0.335 e. The van der Waals surface area contributed by atoms with Crippen LogP contribution in [0, 0.1) is 0 Å². The molecule has 0 unspecified atom stereocenters. The molecule has 148 valence electrons. The Morgan fingerprint density at radius 3 is 2.45 bits per heavy atom. The van der Waals surface area contributed by atoms with E-state index in [4.69, 9.17) is 9.84 Å². The van der Waals surface area contributed by atoms with Gasteiger partial charge in [-0.25, -0.2) is 14.2 Å². The summed E-state index contributed by atoms with van der Waals surface area (Å²) in [7, 11) is 1.50. The number of H-pyrrole nitrogens is 1. The van der Waals surface area contributed by atoms with Crippen LogP contribution in [0.15, 0.2) is 63.1 Å². The number of hydrogen-bond donors (Lipinski definition) is 3. The van der Waals surface area contributed by atoms with Gasteiger partial charge < -0.3 is 14.9 Å². The van der Waals surface area contributed by atoms with E-state index in [1.165, 1.54) is 32.2 Å². The van der Waals surface area contributed by atoms with Gasteiger partial charge in [0.15, 0.2) is 0 Å². The quantitative estimate of drug-likeness (QED) is 0.566. The van der Waals surface area contributed by atoms with Gasteiger partial charge in [0.25, 0.3) is 5.56 Å². The number of rotatable bonds is 5. The molecule has 0 aliphatic rings. The highest BCUT2D eigenvalue weighted by Gasteiger charge is 2.18. The van der Waals surface area contributed by atoms with E-state index in [0.29, 0.717) is 11.4 Å². The number of methoxy groups -OCH3 is 1. The van der Waals surface area contributed by atoms with Crippen molar-refractivity contribution in [2.45, 2.75) is 6.92 Å². The maximum absolute atomic E-state index is 12.3. The predicted octanol–water partition coefficient (Wildman–Crippen LogP) is 2.08. The number of carboxylic acids is 1. The third-order valence-corrected chi connectivity index (χ3v) is 4.17. The lowest BCUT2D eigenvalue weighted by molar-refractivity contribution is 0.0697. The first-order valence-corrected chi connectivity index (χ1v) is 8.43. The van der Waals surface area contributed by atoms with Crippen molar-refractivity contribution in [2.24, 2.45) is 4.99 Å². The van der Waals surface area contributed by atoms with Crippen molar-refractivity contribution < 1.29 is 19.7 Å². The van der Waals surface area contributed by atoms with E-state index in [1.807, 2.05) is 0 Å². The van der Waals surface area contributed by atoms with Crippen LogP contribution in [0.5, 0.6) is 11.6 Å². The summed E-state index contributed by atoms with van der Waals surface area (Å²) < 4.78 is 6.00. The van der Waals surface area contributed by atoms with Gasteiger partial charge in [-0.1, -0.05) is 6.07 Å². The molecule has 0 spiro atoms. The highest BCUT2D eigenvalue weighted by atomic mass is 16.5. The van der Waals surface area contributed by atoms with Crippen LogP contribution in [0.2, 0.25) is 0 Å². The molecule has 1 aromatic heterocycles. The first-order valence-electron chi connectivity index (χ1n) is 8.43. The van der Waals surface area contributed by atoms with Gasteiger partial charge in [0.1, 0.15) is 11.3 Å². The number of nitrogens with one attached hydrogen (secondary N) is 1. The number of aliphatic imine (C=N–C) groups is 1. The maximum Gasteiger partial charge on any atom is 0.335 e. The molecule has 0 aliphatic heterocycles. The highest BCUT2D eigenvalue weighted by molar-refractivity contribution is 6.02. The third-order valence-electron chi connectivity index (χ3n) is 4.17. The number of aromatic hydroxyl groups is 1. The first kappa shape index (κ1) is 19.6. The van der Waals surface area contributed by atoms with Crippen LogP contribution in [0.3, 0.4) is 0 Å². The van der Waals surface area contributed by atoms with Crippen LogP contribution in [0.25, 0.3) is 5.69 Å². The molecule has 0 amide bonds. The van der Waals surface area contributed by atoms with Crippen LogP contribution in [0.1, 0.15) is 22.8 Å². The molecule has 3 N–H and O–H groups in total. The average molecular weight is 395 g/mol. The van der Waals surface area contributed by atoms with Crippen molar-refractivity contribution in [1.29, 1.82) is 0 Å². The SMILES string of the molecule is COc1ccc(-n2c(O)c(C(C)=Nc3cccc(C(=O)O)c3)c(=O)[nH]c2=O)cc1. The monoisotopic (exact) mass is 395 g/mol. The van der Waals surface area contributed by atoms with E-state index in [-0.39, 0.29) is 22.5 Å². The Morgan fingerprint density at radius 2 is 1.83 bits per heavy atom. The Labute approximate surface area is 164 Å². The van der Waals surface area contributed by atoms with Crippen molar-refractivity contribution in [2.75, 3.05) is 7.11 Å². The fourth-order valence-corrected chi connectivity index (χ4v) is 2.78. The van der Waals surface area contributed by atoms with Gasteiger partial charge in [0.2, 0.25) is 5.88 Å². The molecule has 2 aromatic carbocycles. The Balaban J connectivity index is 2.14. The third kappa shape index (κ3) is 3.93. The van der Waals surface area contributed by atoms with E-state index in [0.717, 1.165) is 4.57 Å². The first-order chi connectivity index (χ1) is 13.8. The lowest BCUT2D eigenvalue weighted by Gasteiger charge is -2.12. The topological polar surface area (TPSA) is 134 Å². The zero-order valence-corrected chi connectivity index (χ0v) is 15.5. The lowest BCUT2D eigenvalue weighted by atomic mass is 10.1. The number of aromatic carboxylic acids is 1. The molecule has 0 aliphatic carbocycles. The number of nitrogens with zero attached hydrogens (tertiary/aromatic N) is 2. The summed E-state index contributed by atoms with van der Waals surface area (Å²) in [5, 5.41) is 19.7. The minimum absolute atomic E-state index is 0.0281. The van der Waals surface area contributed by atoms with Crippen LogP contribution in [-0.4, -0.2) is 38.6 Å².